The summed E-state index contributed by atoms with van der Waals surface area (Å²) in [7, 11) is 0. The van der Waals surface area contributed by atoms with E-state index in [9.17, 15) is 4.79 Å². The molecular weight excluding hydrogens is 420 g/mol. The number of aromatic nitrogens is 1. The zero-order valence-electron chi connectivity index (χ0n) is 20.1. The number of piperazine rings is 1. The quantitative estimate of drug-likeness (QED) is 0.587. The number of hydrogen-bond donors (Lipinski definition) is 1. The van der Waals surface area contributed by atoms with Crippen LogP contribution in [0.4, 0.5) is 5.69 Å². The largest absolute Gasteiger partial charge is 0.368 e. The first-order valence-corrected chi connectivity index (χ1v) is 13.2. The number of nitrogens with one attached hydrogen (secondary N) is 1. The summed E-state index contributed by atoms with van der Waals surface area (Å²) < 4.78 is 0. The average Bonchev–Trinajstić information content (AvgIpc) is 3.38. The summed E-state index contributed by atoms with van der Waals surface area (Å²) in [5, 5.41) is 1.31. The van der Waals surface area contributed by atoms with Crippen LogP contribution in [0.25, 0.3) is 10.9 Å². The van der Waals surface area contributed by atoms with Gasteiger partial charge < -0.3 is 9.88 Å². The van der Waals surface area contributed by atoms with Crippen LogP contribution in [0.2, 0.25) is 0 Å². The van der Waals surface area contributed by atoms with Crippen molar-refractivity contribution in [1.29, 1.82) is 0 Å². The van der Waals surface area contributed by atoms with Crippen LogP contribution in [0, 0.1) is 5.92 Å². The summed E-state index contributed by atoms with van der Waals surface area (Å²) in [5.74, 6) is 0.718. The summed E-state index contributed by atoms with van der Waals surface area (Å²) in [6.07, 6.45) is 8.93. The number of carbonyl (C=O) groups excluding carboxylic acids is 1. The van der Waals surface area contributed by atoms with Crippen LogP contribution in [-0.2, 0) is 11.2 Å². The summed E-state index contributed by atoms with van der Waals surface area (Å²) in [6, 6.07) is 17.3. The van der Waals surface area contributed by atoms with E-state index in [0.717, 1.165) is 58.7 Å². The molecule has 1 saturated heterocycles. The molecule has 0 amide bonds. The molecule has 3 aromatic rings. The van der Waals surface area contributed by atoms with E-state index in [1.54, 1.807) is 0 Å². The lowest BCUT2D eigenvalue weighted by molar-refractivity contribution is -0.131. The average molecular weight is 457 g/mol. The minimum atomic E-state index is -0.0697. The first-order chi connectivity index (χ1) is 16.8. The normalized spacial score (nSPS) is 22.7. The van der Waals surface area contributed by atoms with Crippen molar-refractivity contribution >= 4 is 22.4 Å². The maximum Gasteiger partial charge on any atom is 0.157 e. The van der Waals surface area contributed by atoms with Gasteiger partial charge in [-0.25, -0.2) is 0 Å². The van der Waals surface area contributed by atoms with E-state index in [0.29, 0.717) is 5.78 Å². The van der Waals surface area contributed by atoms with E-state index in [2.05, 4.69) is 68.2 Å². The van der Waals surface area contributed by atoms with Crippen molar-refractivity contribution < 1.29 is 4.79 Å². The van der Waals surface area contributed by atoms with E-state index in [1.807, 2.05) is 6.20 Å². The molecule has 1 N–H and O–H groups in total. The predicted octanol–water partition coefficient (Wildman–Crippen LogP) is 5.00. The van der Waals surface area contributed by atoms with Gasteiger partial charge in [0.2, 0.25) is 0 Å². The highest BCUT2D eigenvalue weighted by atomic mass is 16.1. The van der Waals surface area contributed by atoms with Gasteiger partial charge in [-0.3, -0.25) is 14.6 Å². The number of H-pyrrole nitrogens is 1. The van der Waals surface area contributed by atoms with E-state index >= 15 is 0 Å². The molecule has 178 valence electrons. The zero-order valence-corrected chi connectivity index (χ0v) is 20.1. The number of aromatic amines is 1. The number of nitrogens with zero attached hydrogens (tertiary/aromatic N) is 3. The number of benzene rings is 2. The molecule has 0 radical (unpaired) electrons. The van der Waals surface area contributed by atoms with Gasteiger partial charge in [-0.05, 0) is 48.6 Å². The van der Waals surface area contributed by atoms with Crippen molar-refractivity contribution in [3.63, 3.8) is 0 Å². The molecule has 34 heavy (non-hydrogen) atoms. The summed E-state index contributed by atoms with van der Waals surface area (Å²) >= 11 is 0. The van der Waals surface area contributed by atoms with Crippen LogP contribution in [0.15, 0.2) is 54.7 Å². The zero-order chi connectivity index (χ0) is 22.9. The Hall–Kier alpha value is -2.63. The van der Waals surface area contributed by atoms with Crippen molar-refractivity contribution in [3.05, 3.63) is 65.9 Å². The SMILES string of the molecule is O=C(C1CCCCC1)C1c2ccccc2CCN1CN1CCN(c2cccc3[nH]ccc23)CC1. The number of hydrogen-bond acceptors (Lipinski definition) is 4. The van der Waals surface area contributed by atoms with E-state index in [1.165, 1.54) is 47.0 Å². The van der Waals surface area contributed by atoms with Crippen LogP contribution < -0.4 is 4.90 Å². The first kappa shape index (κ1) is 21.9. The van der Waals surface area contributed by atoms with Crippen LogP contribution in [-0.4, -0.2) is 60.0 Å². The summed E-state index contributed by atoms with van der Waals surface area (Å²) in [5.41, 5.74) is 5.17. The van der Waals surface area contributed by atoms with Crippen molar-refractivity contribution in [2.75, 3.05) is 44.3 Å². The van der Waals surface area contributed by atoms with Crippen LogP contribution in [0.3, 0.4) is 0 Å². The molecule has 1 aliphatic carbocycles. The molecule has 2 fully saturated rings. The van der Waals surface area contributed by atoms with Gasteiger partial charge in [-0.1, -0.05) is 49.6 Å². The van der Waals surface area contributed by atoms with Crippen molar-refractivity contribution in [1.82, 2.24) is 14.8 Å². The molecular formula is C29H36N4O. The maximum absolute atomic E-state index is 13.8. The molecule has 3 heterocycles. The van der Waals surface area contributed by atoms with Gasteiger partial charge in [-0.15, -0.1) is 0 Å². The van der Waals surface area contributed by atoms with Gasteiger partial charge in [0.1, 0.15) is 0 Å². The van der Waals surface area contributed by atoms with Crippen molar-refractivity contribution in [2.45, 2.75) is 44.6 Å². The smallest absolute Gasteiger partial charge is 0.157 e. The summed E-state index contributed by atoms with van der Waals surface area (Å²) in [6.45, 7) is 5.97. The Morgan fingerprint density at radius 3 is 2.56 bits per heavy atom. The lowest BCUT2D eigenvalue weighted by Crippen LogP contribution is -2.53. The molecule has 3 aliphatic rings. The highest BCUT2D eigenvalue weighted by Gasteiger charge is 2.37. The lowest BCUT2D eigenvalue weighted by Gasteiger charge is -2.43. The third-order valence-corrected chi connectivity index (χ3v) is 8.33. The molecule has 2 aliphatic heterocycles. The fourth-order valence-corrected chi connectivity index (χ4v) is 6.45. The monoisotopic (exact) mass is 456 g/mol. The molecule has 1 unspecified atom stereocenters. The number of Topliss-reactive ketones (excluding diaryl/α,β-unsaturated/α-hetero) is 1. The van der Waals surface area contributed by atoms with Crippen molar-refractivity contribution in [3.8, 4) is 0 Å². The van der Waals surface area contributed by atoms with E-state index in [-0.39, 0.29) is 12.0 Å². The second-order valence-corrected chi connectivity index (χ2v) is 10.4. The van der Waals surface area contributed by atoms with Crippen molar-refractivity contribution in [2.24, 2.45) is 5.92 Å². The number of anilines is 1. The highest BCUT2D eigenvalue weighted by molar-refractivity contribution is 5.92. The Morgan fingerprint density at radius 2 is 1.71 bits per heavy atom. The van der Waals surface area contributed by atoms with Crippen LogP contribution in [0.1, 0.15) is 49.3 Å². The summed E-state index contributed by atoms with van der Waals surface area (Å²) in [4.78, 5) is 24.7. The van der Waals surface area contributed by atoms with Gasteiger partial charge >= 0.3 is 0 Å². The molecule has 0 bridgehead atoms. The fraction of sp³-hybridized carbons (Fsp3) is 0.483. The Morgan fingerprint density at radius 1 is 0.882 bits per heavy atom. The van der Waals surface area contributed by atoms with Crippen LogP contribution >= 0.6 is 0 Å². The molecule has 1 atom stereocenters. The van der Waals surface area contributed by atoms with Gasteiger partial charge in [0.05, 0.1) is 12.7 Å². The molecule has 2 aromatic carbocycles. The van der Waals surface area contributed by atoms with Crippen LogP contribution in [0.5, 0.6) is 0 Å². The fourth-order valence-electron chi connectivity index (χ4n) is 6.45. The number of rotatable bonds is 5. The van der Waals surface area contributed by atoms with Gasteiger partial charge in [0.15, 0.2) is 5.78 Å². The number of fused-ring (bicyclic) bond motifs is 2. The molecule has 5 nitrogen and oxygen atoms in total. The van der Waals surface area contributed by atoms with Gasteiger partial charge in [0, 0.05) is 61.4 Å². The molecule has 0 spiro atoms. The third kappa shape index (κ3) is 4.16. The second-order valence-electron chi connectivity index (χ2n) is 10.4. The Labute approximate surface area is 202 Å². The minimum Gasteiger partial charge on any atom is -0.368 e. The number of ketones is 1. The Kier molecular flexibility index (Phi) is 6.15. The molecule has 6 rings (SSSR count). The second kappa shape index (κ2) is 9.55. The van der Waals surface area contributed by atoms with E-state index < -0.39 is 0 Å². The molecule has 1 aromatic heterocycles. The molecule has 1 saturated carbocycles. The predicted molar refractivity (Wildman–Crippen MR) is 138 cm³/mol. The standard InChI is InChI=1S/C29H36N4O/c34-29(23-8-2-1-3-9-23)28-24-10-5-4-7-22(24)14-16-33(28)21-31-17-19-32(20-18-31)27-12-6-11-26-25(27)13-15-30-26/h4-7,10-13,15,23,28,30H,1-3,8-9,14,16-21H2. The highest BCUT2D eigenvalue weighted by Crippen LogP contribution is 2.36. The lowest BCUT2D eigenvalue weighted by atomic mass is 9.79. The third-order valence-electron chi connectivity index (χ3n) is 8.33. The maximum atomic E-state index is 13.8. The van der Waals surface area contributed by atoms with E-state index in [4.69, 9.17) is 0 Å². The van der Waals surface area contributed by atoms with Gasteiger partial charge in [0.25, 0.3) is 0 Å². The first-order valence-electron chi connectivity index (χ1n) is 13.2. The number of carbonyl (C=O) groups is 1. The Balaban J connectivity index is 1.17. The van der Waals surface area contributed by atoms with Gasteiger partial charge in [-0.2, -0.15) is 0 Å². The minimum absolute atomic E-state index is 0.0697. The molecule has 5 heteroatoms. The Bertz CT molecular complexity index is 1140. The topological polar surface area (TPSA) is 42.6 Å².